The van der Waals surface area contributed by atoms with Crippen LogP contribution in [0.4, 0.5) is 0 Å². The number of nitrogens with one attached hydrogen (secondary N) is 2. The van der Waals surface area contributed by atoms with Gasteiger partial charge in [0.25, 0.3) is 0 Å². The lowest BCUT2D eigenvalue weighted by atomic mass is 10.1. The molecule has 0 bridgehead atoms. The Morgan fingerprint density at radius 2 is 2.42 bits per heavy atom. The van der Waals surface area contributed by atoms with Gasteiger partial charge in [0.2, 0.25) is 0 Å². The van der Waals surface area contributed by atoms with Crippen LogP contribution in [0.5, 0.6) is 0 Å². The quantitative estimate of drug-likeness (QED) is 0.610. The molecule has 0 radical (unpaired) electrons. The van der Waals surface area contributed by atoms with E-state index >= 15 is 0 Å². The molecule has 3 rings (SSSR count). The predicted molar refractivity (Wildman–Crippen MR) is 101 cm³/mol. The summed E-state index contributed by atoms with van der Waals surface area (Å²) in [6.07, 6.45) is 3.85. The van der Waals surface area contributed by atoms with Crippen molar-refractivity contribution in [1.82, 2.24) is 15.5 Å². The Balaban J connectivity index is 1.49. The molecule has 2 N–H and O–H groups in total. The minimum Gasteiger partial charge on any atom is -0.376 e. The number of thiophene rings is 1. The average molecular weight is 351 g/mol. The van der Waals surface area contributed by atoms with Crippen molar-refractivity contribution in [1.29, 1.82) is 0 Å². The first-order chi connectivity index (χ1) is 11.8. The maximum Gasteiger partial charge on any atom is 0.191 e. The van der Waals surface area contributed by atoms with E-state index in [9.17, 15) is 0 Å². The molecule has 1 aromatic rings. The van der Waals surface area contributed by atoms with Crippen LogP contribution in [-0.4, -0.2) is 55.8 Å². The summed E-state index contributed by atoms with van der Waals surface area (Å²) >= 11 is 1.90. The smallest absolute Gasteiger partial charge is 0.191 e. The highest BCUT2D eigenvalue weighted by Crippen LogP contribution is 2.25. The van der Waals surface area contributed by atoms with E-state index in [1.807, 2.05) is 11.3 Å². The number of nitrogens with zero attached hydrogens (tertiary/aromatic N) is 2. The molecular weight excluding hydrogens is 320 g/mol. The summed E-state index contributed by atoms with van der Waals surface area (Å²) in [7, 11) is 0. The molecule has 2 atom stereocenters. The Kier molecular flexibility index (Phi) is 6.51. The Bertz CT molecular complexity index is 539. The van der Waals surface area contributed by atoms with Crippen LogP contribution in [0.25, 0.3) is 0 Å². The van der Waals surface area contributed by atoms with E-state index in [0.29, 0.717) is 12.1 Å². The second-order valence-electron chi connectivity index (χ2n) is 6.67. The molecule has 2 aliphatic heterocycles. The first kappa shape index (κ1) is 17.7. The van der Waals surface area contributed by atoms with Crippen molar-refractivity contribution < 1.29 is 4.74 Å². The molecular formula is C18H30N4OS. The van der Waals surface area contributed by atoms with E-state index in [0.717, 1.165) is 51.7 Å². The predicted octanol–water partition coefficient (Wildman–Crippen LogP) is 2.23. The van der Waals surface area contributed by atoms with Gasteiger partial charge in [-0.2, -0.15) is 0 Å². The second-order valence-corrected chi connectivity index (χ2v) is 7.67. The first-order valence-corrected chi connectivity index (χ1v) is 10.1. The van der Waals surface area contributed by atoms with E-state index in [-0.39, 0.29) is 0 Å². The van der Waals surface area contributed by atoms with E-state index in [1.54, 1.807) is 4.88 Å². The Labute approximate surface area is 149 Å². The highest BCUT2D eigenvalue weighted by atomic mass is 32.1. The molecule has 24 heavy (non-hydrogen) atoms. The molecule has 0 amide bonds. The van der Waals surface area contributed by atoms with Crippen LogP contribution in [-0.2, 0) is 17.7 Å². The summed E-state index contributed by atoms with van der Waals surface area (Å²) in [6.45, 7) is 10.0. The molecule has 134 valence electrons. The van der Waals surface area contributed by atoms with Gasteiger partial charge in [-0.3, -0.25) is 9.89 Å². The van der Waals surface area contributed by atoms with Crippen molar-refractivity contribution in [2.45, 2.75) is 51.8 Å². The molecule has 0 saturated carbocycles. The van der Waals surface area contributed by atoms with Gasteiger partial charge in [-0.15, -0.1) is 11.3 Å². The molecule has 0 aliphatic carbocycles. The molecule has 0 aromatic carbocycles. The van der Waals surface area contributed by atoms with Gasteiger partial charge in [0.05, 0.1) is 12.6 Å². The number of fused-ring (bicyclic) bond motifs is 1. The number of hydrogen-bond acceptors (Lipinski definition) is 4. The molecule has 1 aromatic heterocycles. The molecule has 2 aliphatic rings. The molecule has 5 nitrogen and oxygen atoms in total. The lowest BCUT2D eigenvalue weighted by Crippen LogP contribution is -2.43. The molecule has 1 saturated heterocycles. The third-order valence-corrected chi connectivity index (χ3v) is 5.86. The highest BCUT2D eigenvalue weighted by molar-refractivity contribution is 7.10. The molecule has 0 spiro atoms. The van der Waals surface area contributed by atoms with Gasteiger partial charge in [-0.25, -0.2) is 0 Å². The van der Waals surface area contributed by atoms with Crippen molar-refractivity contribution in [3.8, 4) is 0 Å². The van der Waals surface area contributed by atoms with E-state index < -0.39 is 0 Å². The van der Waals surface area contributed by atoms with Gasteiger partial charge in [0, 0.05) is 43.7 Å². The Hall–Kier alpha value is -1.11. The topological polar surface area (TPSA) is 48.9 Å². The Morgan fingerprint density at radius 1 is 1.50 bits per heavy atom. The summed E-state index contributed by atoms with van der Waals surface area (Å²) in [4.78, 5) is 8.90. The summed E-state index contributed by atoms with van der Waals surface area (Å²) in [5.41, 5.74) is 1.51. The van der Waals surface area contributed by atoms with Gasteiger partial charge in [-0.05, 0) is 50.1 Å². The van der Waals surface area contributed by atoms with Crippen LogP contribution in [0.3, 0.4) is 0 Å². The molecule has 1 fully saturated rings. The summed E-state index contributed by atoms with van der Waals surface area (Å²) in [5.74, 6) is 0.910. The summed E-state index contributed by atoms with van der Waals surface area (Å²) in [5, 5.41) is 8.99. The Morgan fingerprint density at radius 3 is 3.21 bits per heavy atom. The van der Waals surface area contributed by atoms with Crippen molar-refractivity contribution in [2.24, 2.45) is 4.99 Å². The zero-order chi connectivity index (χ0) is 16.8. The van der Waals surface area contributed by atoms with E-state index in [2.05, 4.69) is 40.8 Å². The number of guanidine groups is 1. The fraction of sp³-hybridized carbons (Fsp3) is 0.722. The van der Waals surface area contributed by atoms with Crippen molar-refractivity contribution >= 4 is 17.3 Å². The van der Waals surface area contributed by atoms with Crippen LogP contribution in [0.15, 0.2) is 16.4 Å². The van der Waals surface area contributed by atoms with Crippen LogP contribution < -0.4 is 10.6 Å². The fourth-order valence-corrected chi connectivity index (χ4v) is 4.23. The summed E-state index contributed by atoms with van der Waals surface area (Å²) in [6, 6.07) is 2.73. The van der Waals surface area contributed by atoms with Crippen LogP contribution >= 0.6 is 11.3 Å². The standard InChI is InChI=1S/C18H30N4OS/c1-3-19-18(21-12-16-5-4-9-23-16)20-11-14(2)22-8-6-17-15(13-22)7-10-24-17/h7,10,14,16H,3-6,8-9,11-13H2,1-2H3,(H2,19,20,21). The lowest BCUT2D eigenvalue weighted by Gasteiger charge is -2.31. The van der Waals surface area contributed by atoms with Gasteiger partial charge in [-0.1, -0.05) is 0 Å². The van der Waals surface area contributed by atoms with Crippen molar-refractivity contribution in [3.05, 3.63) is 21.9 Å². The van der Waals surface area contributed by atoms with Gasteiger partial charge in [0.1, 0.15) is 0 Å². The molecule has 3 heterocycles. The normalized spacial score (nSPS) is 23.1. The van der Waals surface area contributed by atoms with Gasteiger partial charge < -0.3 is 15.4 Å². The third kappa shape index (κ3) is 4.71. The summed E-state index contributed by atoms with van der Waals surface area (Å²) < 4.78 is 5.68. The van der Waals surface area contributed by atoms with Crippen molar-refractivity contribution in [2.75, 3.05) is 32.8 Å². The van der Waals surface area contributed by atoms with E-state index in [4.69, 9.17) is 9.73 Å². The zero-order valence-electron chi connectivity index (χ0n) is 14.9. The third-order valence-electron chi connectivity index (χ3n) is 4.84. The zero-order valence-corrected chi connectivity index (χ0v) is 15.7. The minimum atomic E-state index is 0.338. The van der Waals surface area contributed by atoms with Crippen LogP contribution in [0.2, 0.25) is 0 Å². The number of ether oxygens (including phenoxy) is 1. The lowest BCUT2D eigenvalue weighted by molar-refractivity contribution is 0.113. The first-order valence-electron chi connectivity index (χ1n) is 9.19. The average Bonchev–Trinajstić information content (AvgIpc) is 3.27. The largest absolute Gasteiger partial charge is 0.376 e. The monoisotopic (exact) mass is 350 g/mol. The fourth-order valence-electron chi connectivity index (χ4n) is 3.34. The molecule has 2 unspecified atom stereocenters. The second kappa shape index (κ2) is 8.83. The van der Waals surface area contributed by atoms with E-state index in [1.165, 1.54) is 18.4 Å². The van der Waals surface area contributed by atoms with Gasteiger partial charge >= 0.3 is 0 Å². The minimum absolute atomic E-state index is 0.338. The SMILES string of the molecule is CCNC(=NCC(C)N1CCc2sccc2C1)NCC1CCCO1. The van der Waals surface area contributed by atoms with Crippen LogP contribution in [0.1, 0.15) is 37.1 Å². The number of aliphatic imine (C=N–C) groups is 1. The van der Waals surface area contributed by atoms with Gasteiger partial charge in [0.15, 0.2) is 5.96 Å². The number of hydrogen-bond donors (Lipinski definition) is 2. The maximum atomic E-state index is 5.68. The highest BCUT2D eigenvalue weighted by Gasteiger charge is 2.21. The molecule has 6 heteroatoms. The van der Waals surface area contributed by atoms with Crippen molar-refractivity contribution in [3.63, 3.8) is 0 Å². The van der Waals surface area contributed by atoms with Crippen LogP contribution in [0, 0.1) is 0 Å². The maximum absolute atomic E-state index is 5.68. The number of rotatable bonds is 6.